The first-order valence-corrected chi connectivity index (χ1v) is 8.55. The third kappa shape index (κ3) is 3.75. The van der Waals surface area contributed by atoms with Gasteiger partial charge in [0.05, 0.1) is 12.0 Å². The molecule has 2 aliphatic rings. The number of hydrogen-bond donors (Lipinski definition) is 2. The summed E-state index contributed by atoms with van der Waals surface area (Å²) in [6.45, 7) is 0.528. The van der Waals surface area contributed by atoms with Crippen LogP contribution >= 0.6 is 0 Å². The van der Waals surface area contributed by atoms with Crippen molar-refractivity contribution >= 4 is 11.8 Å². The van der Waals surface area contributed by atoms with Gasteiger partial charge in [-0.15, -0.1) is 0 Å². The molecule has 130 valence electrons. The highest BCUT2D eigenvalue weighted by molar-refractivity contribution is 5.89. The highest BCUT2D eigenvalue weighted by atomic mass is 19.1. The second-order valence-corrected chi connectivity index (χ2v) is 6.70. The molecule has 5 nitrogen and oxygen atoms in total. The van der Waals surface area contributed by atoms with Crippen molar-refractivity contribution < 1.29 is 19.1 Å². The Morgan fingerprint density at radius 2 is 1.96 bits per heavy atom. The van der Waals surface area contributed by atoms with Gasteiger partial charge in [-0.1, -0.05) is 25.0 Å². The molecule has 1 aromatic rings. The molecular formula is C18H23FN2O3. The van der Waals surface area contributed by atoms with Crippen LogP contribution in [0.4, 0.5) is 4.39 Å². The Bertz CT molecular complexity index is 599. The van der Waals surface area contributed by atoms with Gasteiger partial charge in [-0.05, 0) is 30.5 Å². The Morgan fingerprint density at radius 1 is 1.29 bits per heavy atom. The summed E-state index contributed by atoms with van der Waals surface area (Å²) in [6.07, 6.45) is 3.71. The SMILES string of the molecule is O=C(NCC(O)c1ccc(F)cc1)C1CC(=O)N(C2CCCC2)C1. The number of aliphatic hydroxyl groups is 1. The van der Waals surface area contributed by atoms with Crippen LogP contribution in [-0.4, -0.2) is 41.0 Å². The van der Waals surface area contributed by atoms with Crippen LogP contribution in [-0.2, 0) is 9.59 Å². The van der Waals surface area contributed by atoms with Crippen molar-refractivity contribution in [1.29, 1.82) is 0 Å². The lowest BCUT2D eigenvalue weighted by molar-refractivity contribution is -0.130. The Hall–Kier alpha value is -1.95. The van der Waals surface area contributed by atoms with Gasteiger partial charge in [0.2, 0.25) is 11.8 Å². The van der Waals surface area contributed by atoms with Gasteiger partial charge in [-0.2, -0.15) is 0 Å². The zero-order valence-electron chi connectivity index (χ0n) is 13.6. The minimum absolute atomic E-state index is 0.0542. The van der Waals surface area contributed by atoms with E-state index in [-0.39, 0.29) is 36.5 Å². The number of amides is 2. The summed E-state index contributed by atoms with van der Waals surface area (Å²) in [4.78, 5) is 26.3. The molecule has 1 saturated heterocycles. The van der Waals surface area contributed by atoms with E-state index in [1.807, 2.05) is 4.90 Å². The molecule has 2 atom stereocenters. The van der Waals surface area contributed by atoms with E-state index < -0.39 is 6.10 Å². The maximum atomic E-state index is 12.9. The number of benzene rings is 1. The number of carbonyl (C=O) groups is 2. The molecule has 2 amide bonds. The van der Waals surface area contributed by atoms with E-state index in [0.717, 1.165) is 25.7 Å². The summed E-state index contributed by atoms with van der Waals surface area (Å²) in [6, 6.07) is 5.82. The standard InChI is InChI=1S/C18H23FN2O3/c19-14-7-5-12(6-8-14)16(22)10-20-18(24)13-9-17(23)21(11-13)15-3-1-2-4-15/h5-8,13,15-16,22H,1-4,9-11H2,(H,20,24). The molecule has 0 radical (unpaired) electrons. The maximum absolute atomic E-state index is 12.9. The summed E-state index contributed by atoms with van der Waals surface area (Å²) in [5, 5.41) is 12.8. The number of carbonyl (C=O) groups excluding carboxylic acids is 2. The molecular weight excluding hydrogens is 311 g/mol. The highest BCUT2D eigenvalue weighted by Crippen LogP contribution is 2.29. The third-order valence-electron chi connectivity index (χ3n) is 5.02. The predicted molar refractivity (Wildman–Crippen MR) is 86.4 cm³/mol. The van der Waals surface area contributed by atoms with Gasteiger partial charge in [0, 0.05) is 25.6 Å². The first kappa shape index (κ1) is 16.9. The topological polar surface area (TPSA) is 69.6 Å². The average Bonchev–Trinajstić information content (AvgIpc) is 3.22. The molecule has 1 aliphatic heterocycles. The molecule has 3 rings (SSSR count). The molecule has 2 fully saturated rings. The van der Waals surface area contributed by atoms with Crippen LogP contribution in [0, 0.1) is 11.7 Å². The molecule has 0 aromatic heterocycles. The summed E-state index contributed by atoms with van der Waals surface area (Å²) in [7, 11) is 0. The van der Waals surface area contributed by atoms with Crippen molar-refractivity contribution in [3.05, 3.63) is 35.6 Å². The smallest absolute Gasteiger partial charge is 0.225 e. The van der Waals surface area contributed by atoms with Crippen molar-refractivity contribution in [3.8, 4) is 0 Å². The van der Waals surface area contributed by atoms with Gasteiger partial charge < -0.3 is 15.3 Å². The number of rotatable bonds is 5. The first-order valence-electron chi connectivity index (χ1n) is 8.55. The number of nitrogens with one attached hydrogen (secondary N) is 1. The molecule has 1 aromatic carbocycles. The zero-order valence-corrected chi connectivity index (χ0v) is 13.6. The number of nitrogens with zero attached hydrogens (tertiary/aromatic N) is 1. The van der Waals surface area contributed by atoms with Crippen LogP contribution in [0.5, 0.6) is 0 Å². The van der Waals surface area contributed by atoms with Gasteiger partial charge >= 0.3 is 0 Å². The maximum Gasteiger partial charge on any atom is 0.225 e. The molecule has 1 heterocycles. The van der Waals surface area contributed by atoms with Crippen LogP contribution in [0.1, 0.15) is 43.8 Å². The van der Waals surface area contributed by atoms with E-state index in [4.69, 9.17) is 0 Å². The highest BCUT2D eigenvalue weighted by Gasteiger charge is 2.38. The zero-order chi connectivity index (χ0) is 17.1. The van der Waals surface area contributed by atoms with Gasteiger partial charge in [0.25, 0.3) is 0 Å². The van der Waals surface area contributed by atoms with Gasteiger partial charge in [0.1, 0.15) is 5.82 Å². The molecule has 2 N–H and O–H groups in total. The second-order valence-electron chi connectivity index (χ2n) is 6.70. The first-order chi connectivity index (χ1) is 11.5. The van der Waals surface area contributed by atoms with E-state index in [1.54, 1.807) is 0 Å². The fourth-order valence-electron chi connectivity index (χ4n) is 3.62. The molecule has 0 bridgehead atoms. The van der Waals surface area contributed by atoms with E-state index in [9.17, 15) is 19.1 Å². The number of likely N-dealkylation sites (tertiary alicyclic amines) is 1. The summed E-state index contributed by atoms with van der Waals surface area (Å²) < 4.78 is 12.9. The van der Waals surface area contributed by atoms with Crippen molar-refractivity contribution in [2.45, 2.75) is 44.2 Å². The summed E-state index contributed by atoms with van der Waals surface area (Å²) in [5.41, 5.74) is 0.548. The second kappa shape index (κ2) is 7.30. The van der Waals surface area contributed by atoms with Crippen molar-refractivity contribution in [1.82, 2.24) is 10.2 Å². The van der Waals surface area contributed by atoms with E-state index in [2.05, 4.69) is 5.32 Å². The predicted octanol–water partition coefficient (Wildman–Crippen LogP) is 1.77. The molecule has 1 saturated carbocycles. The van der Waals surface area contributed by atoms with Gasteiger partial charge in [-0.25, -0.2) is 4.39 Å². The van der Waals surface area contributed by atoms with Crippen LogP contribution < -0.4 is 5.32 Å². The van der Waals surface area contributed by atoms with Gasteiger partial charge in [0.15, 0.2) is 0 Å². The van der Waals surface area contributed by atoms with E-state index in [0.29, 0.717) is 18.2 Å². The molecule has 2 unspecified atom stereocenters. The van der Waals surface area contributed by atoms with Gasteiger partial charge in [-0.3, -0.25) is 9.59 Å². The number of halogens is 1. The van der Waals surface area contributed by atoms with Crippen LogP contribution in [0.25, 0.3) is 0 Å². The van der Waals surface area contributed by atoms with Crippen molar-refractivity contribution in [2.24, 2.45) is 5.92 Å². The molecule has 0 spiro atoms. The van der Waals surface area contributed by atoms with Crippen LogP contribution in [0.15, 0.2) is 24.3 Å². The van der Waals surface area contributed by atoms with Crippen molar-refractivity contribution in [3.63, 3.8) is 0 Å². The Labute approximate surface area is 140 Å². The fraction of sp³-hybridized carbons (Fsp3) is 0.556. The summed E-state index contributed by atoms with van der Waals surface area (Å²) in [5.74, 6) is -0.865. The van der Waals surface area contributed by atoms with E-state index in [1.165, 1.54) is 24.3 Å². The lowest BCUT2D eigenvalue weighted by atomic mass is 10.1. The number of hydrogen-bond acceptors (Lipinski definition) is 3. The quantitative estimate of drug-likeness (QED) is 0.862. The normalized spacial score (nSPS) is 22.8. The molecule has 24 heavy (non-hydrogen) atoms. The number of aliphatic hydroxyl groups excluding tert-OH is 1. The van der Waals surface area contributed by atoms with Crippen LogP contribution in [0.2, 0.25) is 0 Å². The van der Waals surface area contributed by atoms with E-state index >= 15 is 0 Å². The Morgan fingerprint density at radius 3 is 2.62 bits per heavy atom. The lowest BCUT2D eigenvalue weighted by Gasteiger charge is -2.24. The monoisotopic (exact) mass is 334 g/mol. The summed E-state index contributed by atoms with van der Waals surface area (Å²) >= 11 is 0. The Balaban J connectivity index is 1.50. The lowest BCUT2D eigenvalue weighted by Crippen LogP contribution is -2.38. The largest absolute Gasteiger partial charge is 0.387 e. The molecule has 1 aliphatic carbocycles. The minimum atomic E-state index is -0.891. The minimum Gasteiger partial charge on any atom is -0.387 e. The fourth-order valence-corrected chi connectivity index (χ4v) is 3.62. The Kier molecular flexibility index (Phi) is 5.14. The van der Waals surface area contributed by atoms with Crippen molar-refractivity contribution in [2.75, 3.05) is 13.1 Å². The average molecular weight is 334 g/mol. The molecule has 6 heteroatoms. The third-order valence-corrected chi connectivity index (χ3v) is 5.02. The van der Waals surface area contributed by atoms with Crippen LogP contribution in [0.3, 0.4) is 0 Å².